The maximum Gasteiger partial charge on any atom is 0.191 e. The first-order valence-electron chi connectivity index (χ1n) is 7.96. The molecule has 0 unspecified atom stereocenters. The van der Waals surface area contributed by atoms with Gasteiger partial charge in [0.15, 0.2) is 5.96 Å². The van der Waals surface area contributed by atoms with Gasteiger partial charge in [0, 0.05) is 32.9 Å². The minimum absolute atomic E-state index is 0.446. The van der Waals surface area contributed by atoms with E-state index in [9.17, 15) is 0 Å². The molecule has 0 aromatic carbocycles. The first-order valence-corrected chi connectivity index (χ1v) is 7.96. The topological polar surface area (TPSA) is 108 Å². The molecule has 0 aliphatic rings. The van der Waals surface area contributed by atoms with E-state index in [0.717, 1.165) is 5.76 Å². The smallest absolute Gasteiger partial charge is 0.191 e. The zero-order chi connectivity index (χ0) is 17.7. The maximum absolute atomic E-state index is 9.05. The van der Waals surface area contributed by atoms with Crippen molar-refractivity contribution in [1.82, 2.24) is 15.6 Å². The third-order valence-electron chi connectivity index (χ3n) is 3.21. The van der Waals surface area contributed by atoms with Crippen LogP contribution in [0.1, 0.15) is 11.3 Å². The van der Waals surface area contributed by atoms with Crippen LogP contribution < -0.4 is 16.0 Å². The quantitative estimate of drug-likeness (QED) is 0.358. The van der Waals surface area contributed by atoms with Crippen molar-refractivity contribution in [2.75, 3.05) is 38.7 Å². The zero-order valence-electron chi connectivity index (χ0n) is 14.2. The van der Waals surface area contributed by atoms with Crippen molar-refractivity contribution in [2.45, 2.75) is 6.54 Å². The lowest BCUT2D eigenvalue weighted by atomic mass is 10.3. The number of aliphatic imine (C=N–C) groups is 1. The van der Waals surface area contributed by atoms with Gasteiger partial charge in [0.05, 0.1) is 18.4 Å². The van der Waals surface area contributed by atoms with Crippen molar-refractivity contribution >= 4 is 11.8 Å². The highest BCUT2D eigenvalue weighted by Crippen LogP contribution is 2.08. The Balaban J connectivity index is 1.81. The summed E-state index contributed by atoms with van der Waals surface area (Å²) in [5.74, 6) is 2.03. The Hall–Kier alpha value is -3.05. The van der Waals surface area contributed by atoms with Crippen LogP contribution in [-0.4, -0.2) is 44.3 Å². The molecule has 0 bridgehead atoms. The normalized spacial score (nSPS) is 11.0. The first kappa shape index (κ1) is 18.3. The fraction of sp³-hybridized carbons (Fsp3) is 0.353. The number of rotatable bonds is 9. The van der Waals surface area contributed by atoms with Crippen molar-refractivity contribution in [2.24, 2.45) is 4.99 Å². The van der Waals surface area contributed by atoms with Crippen LogP contribution in [0.5, 0.6) is 0 Å². The van der Waals surface area contributed by atoms with Crippen molar-refractivity contribution in [1.29, 1.82) is 5.26 Å². The van der Waals surface area contributed by atoms with E-state index in [0.29, 0.717) is 50.1 Å². The fourth-order valence-corrected chi connectivity index (χ4v) is 2.00. The van der Waals surface area contributed by atoms with Crippen LogP contribution in [0, 0.1) is 11.3 Å². The summed E-state index contributed by atoms with van der Waals surface area (Å²) >= 11 is 0. The van der Waals surface area contributed by atoms with Crippen LogP contribution in [-0.2, 0) is 11.3 Å². The monoisotopic (exact) mass is 342 g/mol. The van der Waals surface area contributed by atoms with Gasteiger partial charge < -0.3 is 25.1 Å². The number of anilines is 1. The van der Waals surface area contributed by atoms with E-state index < -0.39 is 0 Å². The molecular weight excluding hydrogens is 320 g/mol. The van der Waals surface area contributed by atoms with Gasteiger partial charge in [-0.15, -0.1) is 0 Å². The SMILES string of the molecule is COCCNC(=NCc1ccco1)NCCNc1ncccc1C#N. The first-order chi connectivity index (χ1) is 12.3. The number of guanidine groups is 1. The molecule has 0 saturated heterocycles. The Bertz CT molecular complexity index is 693. The number of nitrogens with zero attached hydrogens (tertiary/aromatic N) is 3. The van der Waals surface area contributed by atoms with Gasteiger partial charge in [-0.1, -0.05) is 0 Å². The van der Waals surface area contributed by atoms with Gasteiger partial charge in [0.25, 0.3) is 0 Å². The molecule has 8 heteroatoms. The van der Waals surface area contributed by atoms with Crippen LogP contribution in [0.25, 0.3) is 0 Å². The van der Waals surface area contributed by atoms with E-state index in [1.54, 1.807) is 31.7 Å². The lowest BCUT2D eigenvalue weighted by Crippen LogP contribution is -2.41. The highest BCUT2D eigenvalue weighted by Gasteiger charge is 2.02. The van der Waals surface area contributed by atoms with Crippen molar-refractivity contribution in [3.63, 3.8) is 0 Å². The van der Waals surface area contributed by atoms with Gasteiger partial charge in [-0.3, -0.25) is 0 Å². The van der Waals surface area contributed by atoms with E-state index in [4.69, 9.17) is 14.4 Å². The average Bonchev–Trinajstić information content (AvgIpc) is 3.16. The van der Waals surface area contributed by atoms with E-state index in [-0.39, 0.29) is 0 Å². The standard InChI is InChI=1S/C17H22N6O2/c1-24-11-9-22-17(23-13-15-5-3-10-25-15)21-8-7-20-16-14(12-18)4-2-6-19-16/h2-6,10H,7-9,11,13H2,1H3,(H,19,20)(H2,21,22,23). The fourth-order valence-electron chi connectivity index (χ4n) is 2.00. The summed E-state index contributed by atoms with van der Waals surface area (Å²) in [6, 6.07) is 9.28. The third kappa shape index (κ3) is 6.53. The van der Waals surface area contributed by atoms with E-state index in [1.807, 2.05) is 12.1 Å². The summed E-state index contributed by atoms with van der Waals surface area (Å²) in [4.78, 5) is 8.63. The van der Waals surface area contributed by atoms with Crippen LogP contribution in [0.15, 0.2) is 46.1 Å². The molecule has 3 N–H and O–H groups in total. The second-order valence-electron chi connectivity index (χ2n) is 5.03. The Kier molecular flexibility index (Phi) is 7.81. The number of ether oxygens (including phenoxy) is 1. The van der Waals surface area contributed by atoms with Crippen LogP contribution >= 0.6 is 0 Å². The van der Waals surface area contributed by atoms with Gasteiger partial charge in [-0.2, -0.15) is 5.26 Å². The number of nitriles is 1. The molecular formula is C17H22N6O2. The summed E-state index contributed by atoms with van der Waals surface area (Å²) in [5, 5.41) is 18.6. The summed E-state index contributed by atoms with van der Waals surface area (Å²) < 4.78 is 10.3. The molecule has 2 heterocycles. The Morgan fingerprint density at radius 3 is 2.92 bits per heavy atom. The van der Waals surface area contributed by atoms with Crippen LogP contribution in [0.2, 0.25) is 0 Å². The van der Waals surface area contributed by atoms with Gasteiger partial charge >= 0.3 is 0 Å². The molecule has 0 radical (unpaired) electrons. The molecule has 25 heavy (non-hydrogen) atoms. The Morgan fingerprint density at radius 2 is 2.16 bits per heavy atom. The molecule has 2 aromatic heterocycles. The predicted octanol–water partition coefficient (Wildman–Crippen LogP) is 1.34. The number of nitrogens with one attached hydrogen (secondary N) is 3. The minimum Gasteiger partial charge on any atom is -0.467 e. The largest absolute Gasteiger partial charge is 0.467 e. The van der Waals surface area contributed by atoms with E-state index >= 15 is 0 Å². The Labute approximate surface area is 146 Å². The minimum atomic E-state index is 0.446. The molecule has 0 atom stereocenters. The third-order valence-corrected chi connectivity index (χ3v) is 3.21. The van der Waals surface area contributed by atoms with Crippen molar-refractivity contribution in [3.8, 4) is 6.07 Å². The molecule has 0 aliphatic carbocycles. The molecule has 0 aliphatic heterocycles. The van der Waals surface area contributed by atoms with E-state index in [2.05, 4.69) is 32.0 Å². The van der Waals surface area contributed by atoms with Crippen molar-refractivity contribution < 1.29 is 9.15 Å². The lowest BCUT2D eigenvalue weighted by molar-refractivity contribution is 0.203. The van der Waals surface area contributed by atoms with Crippen LogP contribution in [0.3, 0.4) is 0 Å². The number of hydrogen-bond acceptors (Lipinski definition) is 6. The second kappa shape index (κ2) is 10.7. The number of hydrogen-bond donors (Lipinski definition) is 3. The predicted molar refractivity (Wildman–Crippen MR) is 95.2 cm³/mol. The number of pyridine rings is 1. The molecule has 8 nitrogen and oxygen atoms in total. The van der Waals surface area contributed by atoms with Crippen molar-refractivity contribution in [3.05, 3.63) is 48.0 Å². The molecule has 0 amide bonds. The van der Waals surface area contributed by atoms with E-state index in [1.165, 1.54) is 0 Å². The summed E-state index contributed by atoms with van der Waals surface area (Å²) in [6.45, 7) is 2.88. The molecule has 2 aromatic rings. The number of methoxy groups -OCH3 is 1. The van der Waals surface area contributed by atoms with Gasteiger partial charge in [0.2, 0.25) is 0 Å². The molecule has 132 valence electrons. The van der Waals surface area contributed by atoms with Gasteiger partial charge in [-0.25, -0.2) is 9.98 Å². The molecule has 0 fully saturated rings. The highest BCUT2D eigenvalue weighted by molar-refractivity contribution is 5.79. The Morgan fingerprint density at radius 1 is 1.28 bits per heavy atom. The summed E-state index contributed by atoms with van der Waals surface area (Å²) in [6.07, 6.45) is 3.28. The van der Waals surface area contributed by atoms with Gasteiger partial charge in [-0.05, 0) is 24.3 Å². The molecule has 0 saturated carbocycles. The average molecular weight is 342 g/mol. The summed E-state index contributed by atoms with van der Waals surface area (Å²) in [5.41, 5.74) is 0.521. The zero-order valence-corrected chi connectivity index (χ0v) is 14.2. The maximum atomic E-state index is 9.05. The summed E-state index contributed by atoms with van der Waals surface area (Å²) in [7, 11) is 1.65. The molecule has 0 spiro atoms. The van der Waals surface area contributed by atoms with Gasteiger partial charge in [0.1, 0.15) is 24.2 Å². The number of aromatic nitrogens is 1. The highest BCUT2D eigenvalue weighted by atomic mass is 16.5. The number of furan rings is 1. The van der Waals surface area contributed by atoms with Crippen LogP contribution in [0.4, 0.5) is 5.82 Å². The molecule has 2 rings (SSSR count). The second-order valence-corrected chi connectivity index (χ2v) is 5.03. The lowest BCUT2D eigenvalue weighted by Gasteiger charge is -2.13.